The molecule has 3 aromatic rings. The molecule has 42 heavy (non-hydrogen) atoms. The minimum absolute atomic E-state index is 0.143. The van der Waals surface area contributed by atoms with Crippen molar-refractivity contribution in [2.75, 3.05) is 47.0 Å². The van der Waals surface area contributed by atoms with Crippen molar-refractivity contribution < 1.29 is 28.6 Å². The average molecular weight is 571 g/mol. The second kappa shape index (κ2) is 13.2. The number of carbonyl (C=O) groups excluding carboxylic acids is 3. The predicted molar refractivity (Wildman–Crippen MR) is 157 cm³/mol. The number of ether oxygens (including phenoxy) is 3. The summed E-state index contributed by atoms with van der Waals surface area (Å²) < 4.78 is 16.8. The molecule has 10 heteroatoms. The monoisotopic (exact) mass is 570 g/mol. The highest BCUT2D eigenvalue weighted by Gasteiger charge is 2.37. The Morgan fingerprint density at radius 1 is 1.02 bits per heavy atom. The number of benzene rings is 2. The Kier molecular flexibility index (Phi) is 9.01. The number of hydrogen-bond donors (Lipinski definition) is 1. The number of fused-ring (bicyclic) bond motifs is 4. The number of pyridine rings is 1. The molecule has 0 saturated carbocycles. The topological polar surface area (TPSA) is 110 Å². The van der Waals surface area contributed by atoms with Gasteiger partial charge in [-0.3, -0.25) is 14.4 Å². The van der Waals surface area contributed by atoms with Gasteiger partial charge in [0, 0.05) is 49.5 Å². The molecule has 3 amide bonds. The maximum absolute atomic E-state index is 13.4. The predicted octanol–water partition coefficient (Wildman–Crippen LogP) is 3.15. The van der Waals surface area contributed by atoms with Crippen LogP contribution in [0.5, 0.6) is 17.4 Å². The van der Waals surface area contributed by atoms with Crippen LogP contribution in [0.25, 0.3) is 6.08 Å². The Morgan fingerprint density at radius 2 is 1.86 bits per heavy atom. The van der Waals surface area contributed by atoms with Crippen LogP contribution in [0.4, 0.5) is 0 Å². The highest BCUT2D eigenvalue weighted by Crippen LogP contribution is 2.35. The van der Waals surface area contributed by atoms with Crippen LogP contribution in [-0.4, -0.2) is 85.6 Å². The number of amides is 3. The van der Waals surface area contributed by atoms with E-state index in [-0.39, 0.29) is 36.2 Å². The molecule has 1 aromatic heterocycles. The zero-order valence-electron chi connectivity index (χ0n) is 23.7. The summed E-state index contributed by atoms with van der Waals surface area (Å²) in [6.45, 7) is 1.20. The third-order valence-corrected chi connectivity index (χ3v) is 7.45. The summed E-state index contributed by atoms with van der Waals surface area (Å²) in [4.78, 5) is 47.3. The van der Waals surface area contributed by atoms with Gasteiger partial charge in [0.2, 0.25) is 17.7 Å². The lowest BCUT2D eigenvalue weighted by Crippen LogP contribution is -2.47. The third kappa shape index (κ3) is 6.71. The minimum atomic E-state index is -0.369. The molecule has 1 fully saturated rings. The van der Waals surface area contributed by atoms with Crippen LogP contribution in [0.15, 0.2) is 72.9 Å². The Labute approximate surface area is 244 Å². The average Bonchev–Trinajstić information content (AvgIpc) is 3.44. The van der Waals surface area contributed by atoms with E-state index in [1.165, 1.54) is 18.2 Å². The molecule has 2 aromatic carbocycles. The number of likely N-dealkylation sites (tertiary alicyclic amines) is 1. The Bertz CT molecular complexity index is 1460. The standard InChI is InChI=1S/C32H34N4O6/c1-40-27-11-10-23-17-28(27)42-16-6-15-35(32(39)24-13-14-33-30(18-24)41-2)21-29(37)34-26-20-36(19-25(23)26)31(38)12-9-22-7-4-3-5-8-22/h3-5,7-14,17-18,25-26H,6,15-16,19-21H2,1-2H3,(H,34,37)/t25-,26+/m1/s1. The van der Waals surface area contributed by atoms with Gasteiger partial charge in [0.15, 0.2) is 11.5 Å². The van der Waals surface area contributed by atoms with Gasteiger partial charge in [-0.1, -0.05) is 36.4 Å². The molecule has 2 atom stereocenters. The highest BCUT2D eigenvalue weighted by atomic mass is 16.5. The first kappa shape index (κ1) is 28.7. The van der Waals surface area contributed by atoms with Crippen molar-refractivity contribution in [3.8, 4) is 17.4 Å². The van der Waals surface area contributed by atoms with Gasteiger partial charge in [0.05, 0.1) is 33.4 Å². The number of aromatic nitrogens is 1. The number of carbonyl (C=O) groups is 3. The fourth-order valence-corrected chi connectivity index (χ4v) is 5.29. The normalized spacial score (nSPS) is 19.0. The van der Waals surface area contributed by atoms with Gasteiger partial charge in [-0.05, 0) is 41.8 Å². The van der Waals surface area contributed by atoms with Gasteiger partial charge < -0.3 is 29.3 Å². The molecule has 218 valence electrons. The SMILES string of the molecule is COc1cc(C(=O)N2CCCOc3cc(ccc3OC)[C@H]3CN(C(=O)C=Cc4ccccc4)C[C@@H]3NC(=O)C2)ccn1. The van der Waals surface area contributed by atoms with Gasteiger partial charge in [-0.15, -0.1) is 0 Å². The molecule has 2 aliphatic rings. The first-order chi connectivity index (χ1) is 20.4. The van der Waals surface area contributed by atoms with Crippen molar-refractivity contribution in [1.82, 2.24) is 20.1 Å². The number of hydrogen-bond acceptors (Lipinski definition) is 7. The number of nitrogens with one attached hydrogen (secondary N) is 1. The third-order valence-electron chi connectivity index (χ3n) is 7.45. The second-order valence-corrected chi connectivity index (χ2v) is 10.2. The molecule has 2 bridgehead atoms. The van der Waals surface area contributed by atoms with E-state index in [1.807, 2.05) is 48.5 Å². The largest absolute Gasteiger partial charge is 0.493 e. The van der Waals surface area contributed by atoms with E-state index in [0.29, 0.717) is 55.6 Å². The Balaban J connectivity index is 1.40. The van der Waals surface area contributed by atoms with Crippen molar-refractivity contribution in [3.63, 3.8) is 0 Å². The Hall–Kier alpha value is -4.86. The highest BCUT2D eigenvalue weighted by molar-refractivity contribution is 5.97. The van der Waals surface area contributed by atoms with Gasteiger partial charge >= 0.3 is 0 Å². The van der Waals surface area contributed by atoms with Crippen molar-refractivity contribution in [2.45, 2.75) is 18.4 Å². The van der Waals surface area contributed by atoms with E-state index >= 15 is 0 Å². The molecule has 0 spiro atoms. The summed E-state index contributed by atoms with van der Waals surface area (Å²) >= 11 is 0. The molecule has 0 aliphatic carbocycles. The lowest BCUT2D eigenvalue weighted by molar-refractivity contribution is -0.126. The zero-order chi connectivity index (χ0) is 29.5. The minimum Gasteiger partial charge on any atom is -0.493 e. The van der Waals surface area contributed by atoms with Crippen LogP contribution in [0.1, 0.15) is 33.8 Å². The summed E-state index contributed by atoms with van der Waals surface area (Å²) in [5, 5.41) is 3.11. The molecular weight excluding hydrogens is 536 g/mol. The van der Waals surface area contributed by atoms with E-state index in [2.05, 4.69) is 10.3 Å². The lowest BCUT2D eigenvalue weighted by Gasteiger charge is -2.24. The molecule has 0 radical (unpaired) electrons. The maximum atomic E-state index is 13.4. The van der Waals surface area contributed by atoms with E-state index in [1.54, 1.807) is 36.3 Å². The molecule has 2 aliphatic heterocycles. The Morgan fingerprint density at radius 3 is 2.64 bits per heavy atom. The van der Waals surface area contributed by atoms with Gasteiger partial charge in [0.25, 0.3) is 5.91 Å². The van der Waals surface area contributed by atoms with Crippen LogP contribution >= 0.6 is 0 Å². The van der Waals surface area contributed by atoms with Crippen molar-refractivity contribution in [2.24, 2.45) is 0 Å². The van der Waals surface area contributed by atoms with Crippen LogP contribution in [-0.2, 0) is 9.59 Å². The van der Waals surface area contributed by atoms with Gasteiger partial charge in [-0.2, -0.15) is 0 Å². The maximum Gasteiger partial charge on any atom is 0.254 e. The molecular formula is C32H34N4O6. The lowest BCUT2D eigenvalue weighted by atomic mass is 9.94. The summed E-state index contributed by atoms with van der Waals surface area (Å²) in [6.07, 6.45) is 5.33. The van der Waals surface area contributed by atoms with Crippen molar-refractivity contribution in [3.05, 3.63) is 89.6 Å². The molecule has 0 unspecified atom stereocenters. The molecule has 1 saturated heterocycles. The molecule has 3 heterocycles. The van der Waals surface area contributed by atoms with E-state index < -0.39 is 0 Å². The fourth-order valence-electron chi connectivity index (χ4n) is 5.29. The van der Waals surface area contributed by atoms with E-state index in [9.17, 15) is 14.4 Å². The molecule has 1 N–H and O–H groups in total. The first-order valence-corrected chi connectivity index (χ1v) is 13.9. The summed E-state index contributed by atoms with van der Waals surface area (Å²) in [5.41, 5.74) is 2.22. The number of methoxy groups -OCH3 is 2. The van der Waals surface area contributed by atoms with Crippen LogP contribution in [0.2, 0.25) is 0 Å². The first-order valence-electron chi connectivity index (χ1n) is 13.9. The summed E-state index contributed by atoms with van der Waals surface area (Å²) in [5.74, 6) is 0.520. The zero-order valence-corrected chi connectivity index (χ0v) is 23.7. The van der Waals surface area contributed by atoms with Crippen LogP contribution in [0.3, 0.4) is 0 Å². The van der Waals surface area contributed by atoms with E-state index in [4.69, 9.17) is 14.2 Å². The molecule has 5 rings (SSSR count). The quantitative estimate of drug-likeness (QED) is 0.470. The second-order valence-electron chi connectivity index (χ2n) is 10.2. The number of rotatable bonds is 5. The summed E-state index contributed by atoms with van der Waals surface area (Å²) in [6, 6.07) is 18.1. The smallest absolute Gasteiger partial charge is 0.254 e. The fraction of sp³-hybridized carbons (Fsp3) is 0.312. The van der Waals surface area contributed by atoms with E-state index in [0.717, 1.165) is 11.1 Å². The van der Waals surface area contributed by atoms with Gasteiger partial charge in [0.1, 0.15) is 0 Å². The van der Waals surface area contributed by atoms with Crippen molar-refractivity contribution >= 4 is 23.8 Å². The van der Waals surface area contributed by atoms with Crippen LogP contribution < -0.4 is 19.5 Å². The van der Waals surface area contributed by atoms with Crippen LogP contribution in [0, 0.1) is 0 Å². The number of nitrogens with zero attached hydrogens (tertiary/aromatic N) is 3. The van der Waals surface area contributed by atoms with Crippen molar-refractivity contribution in [1.29, 1.82) is 0 Å². The summed E-state index contributed by atoms with van der Waals surface area (Å²) in [7, 11) is 3.06. The van der Waals surface area contributed by atoms with Gasteiger partial charge in [-0.25, -0.2) is 4.98 Å². The molecule has 10 nitrogen and oxygen atoms in total.